The Balaban J connectivity index is 2.04. The predicted molar refractivity (Wildman–Crippen MR) is 142 cm³/mol. The molecule has 0 spiro atoms. The number of anilines is 1. The molecular formula is C28H31F2N3O4S. The molecule has 0 aromatic heterocycles. The van der Waals surface area contributed by atoms with Gasteiger partial charge in [0.15, 0.2) is 0 Å². The molecule has 38 heavy (non-hydrogen) atoms. The maximum atomic E-state index is 14.9. The zero-order valence-electron chi connectivity index (χ0n) is 21.5. The largest absolute Gasteiger partial charge is 0.352 e. The lowest BCUT2D eigenvalue weighted by atomic mass is 10.1. The molecule has 0 heterocycles. The van der Waals surface area contributed by atoms with Crippen LogP contribution < -0.4 is 9.62 Å². The standard InChI is InChI=1S/C28H31F2N3O4S/c1-4-20(2)31-28(35)21(3)32(18-22-12-8-9-15-24(22)29)27(34)19-33(26-17-11-10-16-25(26)30)38(36,37)23-13-6-5-7-14-23/h5-17,20-21H,4,18-19H2,1-3H3,(H,31,35)/t20-,21-/m0/s1. The first kappa shape index (κ1) is 28.8. The Morgan fingerprint density at radius 1 is 0.868 bits per heavy atom. The van der Waals surface area contributed by atoms with Crippen LogP contribution in [0.2, 0.25) is 0 Å². The van der Waals surface area contributed by atoms with Gasteiger partial charge < -0.3 is 10.2 Å². The zero-order chi connectivity index (χ0) is 27.9. The minimum Gasteiger partial charge on any atom is -0.352 e. The van der Waals surface area contributed by atoms with Crippen molar-refractivity contribution in [2.24, 2.45) is 0 Å². The monoisotopic (exact) mass is 543 g/mol. The Morgan fingerprint density at radius 3 is 2.05 bits per heavy atom. The average molecular weight is 544 g/mol. The molecule has 0 saturated carbocycles. The highest BCUT2D eigenvalue weighted by molar-refractivity contribution is 7.92. The molecule has 10 heteroatoms. The Bertz CT molecular complexity index is 1370. The quantitative estimate of drug-likeness (QED) is 0.386. The summed E-state index contributed by atoms with van der Waals surface area (Å²) in [6.45, 7) is 4.07. The normalized spacial score (nSPS) is 12.9. The molecule has 7 nitrogen and oxygen atoms in total. The summed E-state index contributed by atoms with van der Waals surface area (Å²) in [6.07, 6.45) is 0.649. The highest BCUT2D eigenvalue weighted by Gasteiger charge is 2.34. The highest BCUT2D eigenvalue weighted by Crippen LogP contribution is 2.27. The van der Waals surface area contributed by atoms with Gasteiger partial charge in [-0.3, -0.25) is 13.9 Å². The van der Waals surface area contributed by atoms with Gasteiger partial charge in [-0.2, -0.15) is 0 Å². The van der Waals surface area contributed by atoms with Gasteiger partial charge in [0, 0.05) is 18.2 Å². The van der Waals surface area contributed by atoms with Crippen LogP contribution in [0.5, 0.6) is 0 Å². The average Bonchev–Trinajstić information content (AvgIpc) is 2.91. The van der Waals surface area contributed by atoms with Gasteiger partial charge in [0.05, 0.1) is 10.6 Å². The van der Waals surface area contributed by atoms with Gasteiger partial charge >= 0.3 is 0 Å². The maximum absolute atomic E-state index is 14.9. The number of amides is 2. The lowest BCUT2D eigenvalue weighted by Crippen LogP contribution is -2.52. The number of carbonyl (C=O) groups is 2. The van der Waals surface area contributed by atoms with E-state index in [2.05, 4.69) is 5.32 Å². The summed E-state index contributed by atoms with van der Waals surface area (Å²) >= 11 is 0. The minimum absolute atomic E-state index is 0.140. The molecule has 1 N–H and O–H groups in total. The number of hydrogen-bond donors (Lipinski definition) is 1. The van der Waals surface area contributed by atoms with Crippen molar-refractivity contribution in [1.29, 1.82) is 0 Å². The van der Waals surface area contributed by atoms with Crippen molar-refractivity contribution in [3.63, 3.8) is 0 Å². The molecule has 2 atom stereocenters. The minimum atomic E-state index is -4.38. The van der Waals surface area contributed by atoms with E-state index in [4.69, 9.17) is 0 Å². The smallest absolute Gasteiger partial charge is 0.264 e. The molecule has 0 aliphatic heterocycles. The van der Waals surface area contributed by atoms with E-state index in [9.17, 15) is 26.8 Å². The van der Waals surface area contributed by atoms with Gasteiger partial charge in [-0.05, 0) is 50.6 Å². The number of para-hydroxylation sites is 1. The van der Waals surface area contributed by atoms with E-state index in [0.717, 1.165) is 11.0 Å². The number of hydrogen-bond acceptors (Lipinski definition) is 4. The van der Waals surface area contributed by atoms with Crippen molar-refractivity contribution in [2.75, 3.05) is 10.8 Å². The summed E-state index contributed by atoms with van der Waals surface area (Å²) in [7, 11) is -4.38. The molecule has 0 aliphatic rings. The fourth-order valence-electron chi connectivity index (χ4n) is 3.75. The van der Waals surface area contributed by atoms with Gasteiger partial charge in [-0.25, -0.2) is 17.2 Å². The number of nitrogens with zero attached hydrogens (tertiary/aromatic N) is 2. The van der Waals surface area contributed by atoms with Crippen LogP contribution in [0.25, 0.3) is 0 Å². The molecule has 0 unspecified atom stereocenters. The van der Waals surface area contributed by atoms with Crippen LogP contribution in [0.3, 0.4) is 0 Å². The van der Waals surface area contributed by atoms with Crippen molar-refractivity contribution in [3.05, 3.63) is 96.1 Å². The van der Waals surface area contributed by atoms with Gasteiger partial charge in [-0.1, -0.05) is 55.5 Å². The van der Waals surface area contributed by atoms with Crippen LogP contribution in [0, 0.1) is 11.6 Å². The van der Waals surface area contributed by atoms with E-state index in [0.29, 0.717) is 10.7 Å². The van der Waals surface area contributed by atoms with E-state index < -0.39 is 46.1 Å². The van der Waals surface area contributed by atoms with E-state index in [1.165, 1.54) is 67.6 Å². The molecule has 0 aliphatic carbocycles. The summed E-state index contributed by atoms with van der Waals surface area (Å²) in [5.41, 5.74) is -0.181. The number of benzene rings is 3. The first-order chi connectivity index (χ1) is 18.1. The van der Waals surface area contributed by atoms with Crippen molar-refractivity contribution < 1.29 is 26.8 Å². The Hall–Kier alpha value is -3.79. The van der Waals surface area contributed by atoms with Crippen LogP contribution in [-0.4, -0.2) is 43.8 Å². The van der Waals surface area contributed by atoms with Crippen molar-refractivity contribution in [1.82, 2.24) is 10.2 Å². The topological polar surface area (TPSA) is 86.8 Å². The fraction of sp³-hybridized carbons (Fsp3) is 0.286. The number of halogens is 2. The lowest BCUT2D eigenvalue weighted by Gasteiger charge is -2.32. The van der Waals surface area contributed by atoms with Crippen molar-refractivity contribution in [3.8, 4) is 0 Å². The number of rotatable bonds is 11. The van der Waals surface area contributed by atoms with Crippen LogP contribution in [-0.2, 0) is 26.2 Å². The van der Waals surface area contributed by atoms with E-state index in [1.54, 1.807) is 19.1 Å². The molecule has 0 saturated heterocycles. The van der Waals surface area contributed by atoms with Crippen LogP contribution in [0.1, 0.15) is 32.8 Å². The van der Waals surface area contributed by atoms with Gasteiger partial charge in [0.25, 0.3) is 10.0 Å². The van der Waals surface area contributed by atoms with Crippen LogP contribution >= 0.6 is 0 Å². The summed E-state index contributed by atoms with van der Waals surface area (Å²) in [5, 5.41) is 2.80. The lowest BCUT2D eigenvalue weighted by molar-refractivity contribution is -0.139. The second-order valence-corrected chi connectivity index (χ2v) is 10.7. The first-order valence-corrected chi connectivity index (χ1v) is 13.7. The zero-order valence-corrected chi connectivity index (χ0v) is 22.3. The fourth-order valence-corrected chi connectivity index (χ4v) is 5.19. The Kier molecular flexibility index (Phi) is 9.57. The van der Waals surface area contributed by atoms with Crippen LogP contribution in [0.15, 0.2) is 83.8 Å². The third-order valence-corrected chi connectivity index (χ3v) is 7.97. The summed E-state index contributed by atoms with van der Waals surface area (Å²) in [4.78, 5) is 27.7. The molecule has 0 bridgehead atoms. The summed E-state index contributed by atoms with van der Waals surface area (Å²) < 4.78 is 57.3. The van der Waals surface area contributed by atoms with Gasteiger partial charge in [0.1, 0.15) is 24.2 Å². The molecule has 3 aromatic carbocycles. The molecule has 0 fully saturated rings. The number of sulfonamides is 1. The molecule has 3 rings (SSSR count). The van der Waals surface area contributed by atoms with E-state index >= 15 is 0 Å². The number of carbonyl (C=O) groups excluding carboxylic acids is 2. The second-order valence-electron chi connectivity index (χ2n) is 8.88. The second kappa shape index (κ2) is 12.6. The summed E-state index contributed by atoms with van der Waals surface area (Å²) in [5.74, 6) is -2.71. The maximum Gasteiger partial charge on any atom is 0.264 e. The SMILES string of the molecule is CC[C@H](C)NC(=O)[C@H](C)N(Cc1ccccc1F)C(=O)CN(c1ccccc1F)S(=O)(=O)c1ccccc1. The molecule has 0 radical (unpaired) electrons. The number of nitrogens with one attached hydrogen (secondary N) is 1. The van der Waals surface area contributed by atoms with Gasteiger partial charge in [0.2, 0.25) is 11.8 Å². The third-order valence-electron chi connectivity index (χ3n) is 6.20. The molecular weight excluding hydrogens is 512 g/mol. The Morgan fingerprint density at radius 2 is 1.45 bits per heavy atom. The first-order valence-electron chi connectivity index (χ1n) is 12.2. The van der Waals surface area contributed by atoms with Crippen molar-refractivity contribution in [2.45, 2.75) is 50.7 Å². The highest BCUT2D eigenvalue weighted by atomic mass is 32.2. The molecule has 2 amide bonds. The molecule has 3 aromatic rings. The van der Waals surface area contributed by atoms with Crippen molar-refractivity contribution >= 4 is 27.5 Å². The van der Waals surface area contributed by atoms with E-state index in [1.807, 2.05) is 6.92 Å². The summed E-state index contributed by atoms with van der Waals surface area (Å²) in [6, 6.07) is 17.1. The predicted octanol–water partition coefficient (Wildman–Crippen LogP) is 4.49. The van der Waals surface area contributed by atoms with E-state index in [-0.39, 0.29) is 28.7 Å². The molecule has 202 valence electrons. The Labute approximate surface area is 222 Å². The van der Waals surface area contributed by atoms with Gasteiger partial charge in [-0.15, -0.1) is 0 Å². The van der Waals surface area contributed by atoms with Crippen LogP contribution in [0.4, 0.5) is 14.5 Å². The third kappa shape index (κ3) is 6.74.